The standard InChI is InChI=1S/C21H27N3O2.ClH/c1-17(2)21(25)26-19-9-6-11-22-20(19)24-15-13-23(14-16-24)12-10-18-7-4-3-5-8-18;/h3-9,11,17H,10,12-16H2,1-2H3;1H. The first-order valence-corrected chi connectivity index (χ1v) is 9.31. The molecule has 0 atom stereocenters. The lowest BCUT2D eigenvalue weighted by Crippen LogP contribution is -2.47. The monoisotopic (exact) mass is 389 g/mol. The molecule has 6 heteroatoms. The van der Waals surface area contributed by atoms with Crippen molar-refractivity contribution < 1.29 is 9.53 Å². The van der Waals surface area contributed by atoms with Crippen LogP contribution >= 0.6 is 12.4 Å². The average Bonchev–Trinajstić information content (AvgIpc) is 2.68. The molecule has 5 nitrogen and oxygen atoms in total. The molecule has 0 spiro atoms. The van der Waals surface area contributed by atoms with Gasteiger partial charge in [0.2, 0.25) is 0 Å². The number of aromatic nitrogens is 1. The molecule has 0 amide bonds. The predicted molar refractivity (Wildman–Crippen MR) is 111 cm³/mol. The lowest BCUT2D eigenvalue weighted by molar-refractivity contribution is -0.137. The Morgan fingerprint density at radius 2 is 1.78 bits per heavy atom. The highest BCUT2D eigenvalue weighted by Gasteiger charge is 2.22. The van der Waals surface area contributed by atoms with Gasteiger partial charge in [-0.15, -0.1) is 12.4 Å². The number of carbonyl (C=O) groups is 1. The van der Waals surface area contributed by atoms with Crippen LogP contribution in [-0.4, -0.2) is 48.6 Å². The number of benzene rings is 1. The van der Waals surface area contributed by atoms with Crippen molar-refractivity contribution in [2.24, 2.45) is 5.92 Å². The Kier molecular flexibility index (Phi) is 8.07. The van der Waals surface area contributed by atoms with Crippen LogP contribution < -0.4 is 9.64 Å². The Labute approximate surface area is 167 Å². The summed E-state index contributed by atoms with van der Waals surface area (Å²) in [5.74, 6) is 0.951. The molecule has 3 rings (SSSR count). The topological polar surface area (TPSA) is 45.7 Å². The van der Waals surface area contributed by atoms with Crippen molar-refractivity contribution in [2.75, 3.05) is 37.6 Å². The van der Waals surface area contributed by atoms with E-state index in [1.54, 1.807) is 6.20 Å². The third kappa shape index (κ3) is 5.94. The molecule has 0 N–H and O–H groups in total. The highest BCUT2D eigenvalue weighted by atomic mass is 35.5. The highest BCUT2D eigenvalue weighted by Crippen LogP contribution is 2.27. The summed E-state index contributed by atoms with van der Waals surface area (Å²) in [6.07, 6.45) is 2.82. The Morgan fingerprint density at radius 1 is 1.07 bits per heavy atom. The summed E-state index contributed by atoms with van der Waals surface area (Å²) in [6, 6.07) is 14.2. The van der Waals surface area contributed by atoms with Crippen molar-refractivity contribution in [3.05, 3.63) is 54.2 Å². The van der Waals surface area contributed by atoms with E-state index in [9.17, 15) is 4.79 Å². The number of rotatable bonds is 6. The van der Waals surface area contributed by atoms with E-state index in [0.717, 1.165) is 45.0 Å². The van der Waals surface area contributed by atoms with Crippen LogP contribution in [0.3, 0.4) is 0 Å². The minimum absolute atomic E-state index is 0. The summed E-state index contributed by atoms with van der Waals surface area (Å²) >= 11 is 0. The van der Waals surface area contributed by atoms with Crippen molar-refractivity contribution in [3.63, 3.8) is 0 Å². The van der Waals surface area contributed by atoms with E-state index in [1.165, 1.54) is 5.56 Å². The number of hydrogen-bond acceptors (Lipinski definition) is 5. The second kappa shape index (κ2) is 10.3. The summed E-state index contributed by atoms with van der Waals surface area (Å²) in [6.45, 7) is 8.49. The van der Waals surface area contributed by atoms with Gasteiger partial charge in [-0.25, -0.2) is 4.98 Å². The molecule has 2 aromatic rings. The van der Waals surface area contributed by atoms with Crippen LogP contribution in [0.1, 0.15) is 19.4 Å². The molecule has 0 aliphatic carbocycles. The van der Waals surface area contributed by atoms with Crippen molar-refractivity contribution in [1.29, 1.82) is 0 Å². The molecule has 1 aromatic heterocycles. The van der Waals surface area contributed by atoms with E-state index in [-0.39, 0.29) is 24.3 Å². The zero-order chi connectivity index (χ0) is 18.4. The highest BCUT2D eigenvalue weighted by molar-refractivity contribution is 5.85. The number of pyridine rings is 1. The summed E-state index contributed by atoms with van der Waals surface area (Å²) in [4.78, 5) is 21.1. The lowest BCUT2D eigenvalue weighted by Gasteiger charge is -2.35. The van der Waals surface area contributed by atoms with Gasteiger partial charge in [0.1, 0.15) is 0 Å². The molecule has 0 unspecified atom stereocenters. The molecule has 1 fully saturated rings. The SMILES string of the molecule is CC(C)C(=O)Oc1cccnc1N1CCN(CCc2ccccc2)CC1.Cl. The van der Waals surface area contributed by atoms with E-state index >= 15 is 0 Å². The largest absolute Gasteiger partial charge is 0.422 e. The van der Waals surface area contributed by atoms with Gasteiger partial charge in [-0.1, -0.05) is 44.2 Å². The van der Waals surface area contributed by atoms with Crippen LogP contribution in [-0.2, 0) is 11.2 Å². The quantitative estimate of drug-likeness (QED) is 0.708. The molecule has 0 saturated carbocycles. The van der Waals surface area contributed by atoms with Gasteiger partial charge in [-0.3, -0.25) is 9.69 Å². The second-order valence-corrected chi connectivity index (χ2v) is 6.97. The minimum Gasteiger partial charge on any atom is -0.422 e. The first-order valence-electron chi connectivity index (χ1n) is 9.31. The van der Waals surface area contributed by atoms with E-state index in [1.807, 2.05) is 26.0 Å². The average molecular weight is 390 g/mol. The summed E-state index contributed by atoms with van der Waals surface area (Å²) < 4.78 is 5.54. The van der Waals surface area contributed by atoms with Crippen molar-refractivity contribution >= 4 is 24.2 Å². The minimum atomic E-state index is -0.222. The van der Waals surface area contributed by atoms with Gasteiger partial charge in [-0.05, 0) is 24.1 Å². The number of piperazine rings is 1. The van der Waals surface area contributed by atoms with Crippen LogP contribution in [0.25, 0.3) is 0 Å². The van der Waals surface area contributed by atoms with Crippen LogP contribution in [0.5, 0.6) is 5.75 Å². The summed E-state index contributed by atoms with van der Waals surface area (Å²) in [7, 11) is 0. The van der Waals surface area contributed by atoms with Gasteiger partial charge in [0, 0.05) is 38.9 Å². The van der Waals surface area contributed by atoms with Crippen LogP contribution in [0.4, 0.5) is 5.82 Å². The molecule has 146 valence electrons. The van der Waals surface area contributed by atoms with E-state index in [4.69, 9.17) is 4.74 Å². The van der Waals surface area contributed by atoms with Crippen LogP contribution in [0, 0.1) is 5.92 Å². The number of halogens is 1. The lowest BCUT2D eigenvalue weighted by atomic mass is 10.1. The molecule has 0 bridgehead atoms. The van der Waals surface area contributed by atoms with Gasteiger partial charge < -0.3 is 9.64 Å². The third-order valence-electron chi connectivity index (χ3n) is 4.66. The molecule has 1 aliphatic rings. The van der Waals surface area contributed by atoms with E-state index < -0.39 is 0 Å². The Hall–Kier alpha value is -2.11. The molecular formula is C21H28ClN3O2. The number of anilines is 1. The number of nitrogens with zero attached hydrogens (tertiary/aromatic N) is 3. The third-order valence-corrected chi connectivity index (χ3v) is 4.66. The Morgan fingerprint density at radius 3 is 2.44 bits per heavy atom. The smallest absolute Gasteiger partial charge is 0.313 e. The molecule has 1 aromatic carbocycles. The maximum Gasteiger partial charge on any atom is 0.313 e. The molecule has 1 aliphatic heterocycles. The number of hydrogen-bond donors (Lipinski definition) is 0. The van der Waals surface area contributed by atoms with Gasteiger partial charge in [0.15, 0.2) is 11.6 Å². The maximum atomic E-state index is 11.9. The van der Waals surface area contributed by atoms with Crippen LogP contribution in [0.15, 0.2) is 48.7 Å². The van der Waals surface area contributed by atoms with Gasteiger partial charge in [-0.2, -0.15) is 0 Å². The van der Waals surface area contributed by atoms with Gasteiger partial charge in [0.25, 0.3) is 0 Å². The van der Waals surface area contributed by atoms with Gasteiger partial charge in [0.05, 0.1) is 5.92 Å². The second-order valence-electron chi connectivity index (χ2n) is 6.97. The molecular weight excluding hydrogens is 362 g/mol. The van der Waals surface area contributed by atoms with Crippen molar-refractivity contribution in [3.8, 4) is 5.75 Å². The van der Waals surface area contributed by atoms with Crippen molar-refractivity contribution in [2.45, 2.75) is 20.3 Å². The fourth-order valence-electron chi connectivity index (χ4n) is 3.04. The first-order chi connectivity index (χ1) is 12.6. The zero-order valence-electron chi connectivity index (χ0n) is 16.0. The van der Waals surface area contributed by atoms with E-state index in [0.29, 0.717) is 5.75 Å². The molecule has 0 radical (unpaired) electrons. The molecule has 2 heterocycles. The molecule has 1 saturated heterocycles. The molecule has 27 heavy (non-hydrogen) atoms. The Bertz CT molecular complexity index is 716. The first kappa shape index (κ1) is 21.2. The van der Waals surface area contributed by atoms with Crippen molar-refractivity contribution in [1.82, 2.24) is 9.88 Å². The Balaban J connectivity index is 0.00000261. The van der Waals surface area contributed by atoms with Gasteiger partial charge >= 0.3 is 5.97 Å². The summed E-state index contributed by atoms with van der Waals surface area (Å²) in [5.41, 5.74) is 1.38. The fourth-order valence-corrected chi connectivity index (χ4v) is 3.04. The predicted octanol–water partition coefficient (Wildman–Crippen LogP) is 3.43. The number of esters is 1. The van der Waals surface area contributed by atoms with E-state index in [2.05, 4.69) is 45.1 Å². The maximum absolute atomic E-state index is 11.9. The summed E-state index contributed by atoms with van der Waals surface area (Å²) in [5, 5.41) is 0. The van der Waals surface area contributed by atoms with Crippen LogP contribution in [0.2, 0.25) is 0 Å². The fraction of sp³-hybridized carbons (Fsp3) is 0.429. The number of carbonyl (C=O) groups excluding carboxylic acids is 1. The zero-order valence-corrected chi connectivity index (χ0v) is 16.8. The normalized spacial score (nSPS) is 14.7. The number of ether oxygens (including phenoxy) is 1.